The molecule has 0 atom stereocenters. The average Bonchev–Trinajstić information content (AvgIpc) is 3.06. The Hall–Kier alpha value is -1.71. The molecule has 1 saturated heterocycles. The Balaban J connectivity index is 1.12. The van der Waals surface area contributed by atoms with Crippen molar-refractivity contribution in [3.05, 3.63) is 18.6 Å². The van der Waals surface area contributed by atoms with Crippen molar-refractivity contribution in [3.8, 4) is 0 Å². The molecular weight excluding hydrogens is 390 g/mol. The third-order valence-corrected chi connectivity index (χ3v) is 9.45. The van der Waals surface area contributed by atoms with Crippen LogP contribution in [-0.2, 0) is 14.6 Å². The quantitative estimate of drug-likeness (QED) is 0.726. The number of methoxy groups -OCH3 is 1. The minimum atomic E-state index is -3.01. The van der Waals surface area contributed by atoms with Crippen molar-refractivity contribution < 1.29 is 13.2 Å². The minimum absolute atomic E-state index is 0.179. The molecule has 1 N–H and O–H groups in total. The van der Waals surface area contributed by atoms with Crippen LogP contribution in [0, 0.1) is 5.92 Å². The van der Waals surface area contributed by atoms with Gasteiger partial charge in [-0.1, -0.05) is 0 Å². The lowest BCUT2D eigenvalue weighted by atomic mass is 9.81. The number of anilines is 1. The molecule has 9 heteroatoms. The maximum Gasteiger partial charge on any atom is 0.155 e. The van der Waals surface area contributed by atoms with Crippen LogP contribution in [0.5, 0.6) is 0 Å². The number of rotatable bonds is 7. The number of ether oxygens (including phenoxy) is 1. The highest BCUT2D eigenvalue weighted by molar-refractivity contribution is 7.92. The van der Waals surface area contributed by atoms with Crippen LogP contribution in [0.3, 0.4) is 0 Å². The van der Waals surface area contributed by atoms with E-state index in [9.17, 15) is 8.42 Å². The normalized spacial score (nSPS) is 30.6. The zero-order valence-electron chi connectivity index (χ0n) is 17.0. The molecule has 5 rings (SSSR count). The van der Waals surface area contributed by atoms with Crippen LogP contribution in [0.15, 0.2) is 18.6 Å². The van der Waals surface area contributed by atoms with E-state index in [1.807, 2.05) is 19.3 Å². The zero-order chi connectivity index (χ0) is 20.2. The predicted molar refractivity (Wildman–Crippen MR) is 112 cm³/mol. The van der Waals surface area contributed by atoms with Gasteiger partial charge < -0.3 is 14.6 Å². The summed E-state index contributed by atoms with van der Waals surface area (Å²) in [5.41, 5.74) is 0.832. The average molecular weight is 420 g/mol. The Labute approximate surface area is 171 Å². The molecule has 2 aromatic heterocycles. The Morgan fingerprint density at radius 1 is 1.24 bits per heavy atom. The molecule has 3 fully saturated rings. The number of H-pyrrole nitrogens is 1. The predicted octanol–water partition coefficient (Wildman–Crippen LogP) is 1.45. The van der Waals surface area contributed by atoms with E-state index in [0.29, 0.717) is 37.0 Å². The molecule has 2 aliphatic carbocycles. The summed E-state index contributed by atoms with van der Waals surface area (Å²) >= 11 is 0. The first kappa shape index (κ1) is 19.3. The summed E-state index contributed by atoms with van der Waals surface area (Å²) in [6.07, 6.45) is 7.69. The molecule has 2 saturated carbocycles. The number of hydrogen-bond acceptors (Lipinski definition) is 7. The van der Waals surface area contributed by atoms with Gasteiger partial charge in [0.2, 0.25) is 0 Å². The van der Waals surface area contributed by atoms with E-state index in [1.54, 1.807) is 13.4 Å². The van der Waals surface area contributed by atoms with Gasteiger partial charge >= 0.3 is 0 Å². The van der Waals surface area contributed by atoms with Crippen molar-refractivity contribution in [2.24, 2.45) is 5.92 Å². The Morgan fingerprint density at radius 3 is 2.72 bits per heavy atom. The van der Waals surface area contributed by atoms with Crippen LogP contribution < -0.4 is 4.90 Å². The van der Waals surface area contributed by atoms with Crippen LogP contribution in [0.25, 0.3) is 11.0 Å². The zero-order valence-corrected chi connectivity index (χ0v) is 17.8. The van der Waals surface area contributed by atoms with E-state index in [1.165, 1.54) is 0 Å². The first-order valence-electron chi connectivity index (χ1n) is 10.4. The third kappa shape index (κ3) is 3.43. The van der Waals surface area contributed by atoms with Crippen molar-refractivity contribution in [1.29, 1.82) is 0 Å². The highest BCUT2D eigenvalue weighted by atomic mass is 32.2. The molecule has 1 aliphatic heterocycles. The summed E-state index contributed by atoms with van der Waals surface area (Å²) in [4.78, 5) is 16.3. The molecule has 158 valence electrons. The summed E-state index contributed by atoms with van der Waals surface area (Å²) in [6, 6.07) is 2.84. The van der Waals surface area contributed by atoms with E-state index in [2.05, 4.69) is 24.8 Å². The molecule has 0 radical (unpaired) electrons. The van der Waals surface area contributed by atoms with Crippen LogP contribution in [0.1, 0.15) is 25.7 Å². The van der Waals surface area contributed by atoms with Gasteiger partial charge in [-0.2, -0.15) is 0 Å². The second-order valence-electron chi connectivity index (χ2n) is 8.93. The Morgan fingerprint density at radius 2 is 2.00 bits per heavy atom. The summed E-state index contributed by atoms with van der Waals surface area (Å²) in [5.74, 6) is 1.49. The molecule has 0 amide bonds. The largest absolute Gasteiger partial charge is 0.381 e. The molecule has 0 aromatic carbocycles. The molecule has 0 unspecified atom stereocenters. The molecule has 0 spiro atoms. The first-order chi connectivity index (χ1) is 13.9. The smallest absolute Gasteiger partial charge is 0.155 e. The summed E-state index contributed by atoms with van der Waals surface area (Å²) in [6.45, 7) is 1.40. The minimum Gasteiger partial charge on any atom is -0.381 e. The standard InChI is InChI=1S/C20H29N5O3S/c1-24(20-18-3-4-21-19(18)22-12-23-20)14-5-13(6-14)11-29(26,27)17-9-25(10-17)15-7-16(8-15)28-2/h3-4,12-17H,5-11H2,1-2H3,(H,21,22,23)/t13-,14+,15-,16+. The van der Waals surface area contributed by atoms with Crippen LogP contribution in [-0.4, -0.2) is 84.7 Å². The fourth-order valence-electron chi connectivity index (χ4n) is 4.95. The number of likely N-dealkylation sites (tertiary alicyclic amines) is 1. The number of sulfone groups is 1. The summed E-state index contributed by atoms with van der Waals surface area (Å²) < 4.78 is 30.9. The highest BCUT2D eigenvalue weighted by Crippen LogP contribution is 2.38. The second-order valence-corrected chi connectivity index (χ2v) is 11.3. The molecule has 2 aromatic rings. The SMILES string of the molecule is CO[C@H]1C[C@@H](N2CC(S(=O)(=O)C[C@H]3C[C@@H](N(C)c4ncnc5[nH]ccc45)C3)C2)C1. The summed E-state index contributed by atoms with van der Waals surface area (Å²) in [7, 11) is 0.776. The van der Waals surface area contributed by atoms with Gasteiger partial charge in [-0.05, 0) is 37.7 Å². The van der Waals surface area contributed by atoms with Gasteiger partial charge in [0.1, 0.15) is 17.8 Å². The van der Waals surface area contributed by atoms with Crippen molar-refractivity contribution >= 4 is 26.7 Å². The van der Waals surface area contributed by atoms with Gasteiger partial charge in [0.05, 0.1) is 22.5 Å². The molecule has 8 nitrogen and oxygen atoms in total. The number of nitrogens with one attached hydrogen (secondary N) is 1. The molecule has 29 heavy (non-hydrogen) atoms. The fourth-order valence-corrected chi connectivity index (χ4v) is 6.99. The topological polar surface area (TPSA) is 91.4 Å². The summed E-state index contributed by atoms with van der Waals surface area (Å²) in [5, 5.41) is 0.828. The van der Waals surface area contributed by atoms with Gasteiger partial charge in [0.25, 0.3) is 0 Å². The van der Waals surface area contributed by atoms with Gasteiger partial charge in [-0.25, -0.2) is 18.4 Å². The van der Waals surface area contributed by atoms with Crippen molar-refractivity contribution in [2.75, 3.05) is 37.9 Å². The van der Waals surface area contributed by atoms with Crippen LogP contribution >= 0.6 is 0 Å². The lowest BCUT2D eigenvalue weighted by Crippen LogP contribution is -2.63. The number of aromatic nitrogens is 3. The van der Waals surface area contributed by atoms with Crippen molar-refractivity contribution in [1.82, 2.24) is 19.9 Å². The van der Waals surface area contributed by atoms with Gasteiger partial charge in [0.15, 0.2) is 9.84 Å². The maximum atomic E-state index is 12.8. The highest BCUT2D eigenvalue weighted by Gasteiger charge is 2.46. The van der Waals surface area contributed by atoms with Crippen molar-refractivity contribution in [2.45, 2.75) is 49.1 Å². The van der Waals surface area contributed by atoms with Crippen LogP contribution in [0.2, 0.25) is 0 Å². The molecule has 3 heterocycles. The van der Waals surface area contributed by atoms with Crippen LogP contribution in [0.4, 0.5) is 5.82 Å². The third-order valence-electron chi connectivity index (χ3n) is 7.20. The first-order valence-corrected chi connectivity index (χ1v) is 12.2. The Bertz CT molecular complexity index is 975. The Kier molecular flexibility index (Phi) is 4.79. The second kappa shape index (κ2) is 7.21. The number of hydrogen-bond donors (Lipinski definition) is 1. The van der Waals surface area contributed by atoms with Gasteiger partial charge in [-0.3, -0.25) is 4.90 Å². The van der Waals surface area contributed by atoms with Gasteiger partial charge in [-0.15, -0.1) is 0 Å². The van der Waals surface area contributed by atoms with E-state index < -0.39 is 9.84 Å². The number of fused-ring (bicyclic) bond motifs is 1. The fraction of sp³-hybridized carbons (Fsp3) is 0.700. The molecule has 0 bridgehead atoms. The van der Waals surface area contributed by atoms with E-state index in [4.69, 9.17) is 4.74 Å². The van der Waals surface area contributed by atoms with E-state index in [-0.39, 0.29) is 11.2 Å². The lowest BCUT2D eigenvalue weighted by Gasteiger charge is -2.50. The monoisotopic (exact) mass is 419 g/mol. The molecule has 3 aliphatic rings. The van der Waals surface area contributed by atoms with E-state index in [0.717, 1.165) is 42.5 Å². The van der Waals surface area contributed by atoms with Gasteiger partial charge in [0, 0.05) is 45.5 Å². The van der Waals surface area contributed by atoms with E-state index >= 15 is 0 Å². The molecular formula is C20H29N5O3S. The van der Waals surface area contributed by atoms with Crippen molar-refractivity contribution in [3.63, 3.8) is 0 Å². The maximum absolute atomic E-state index is 12.8. The number of aromatic amines is 1. The number of nitrogens with zero attached hydrogens (tertiary/aromatic N) is 4. The lowest BCUT2D eigenvalue weighted by molar-refractivity contribution is -0.0445.